The third-order valence-electron chi connectivity index (χ3n) is 4.63. The number of nitrogens with zero attached hydrogens (tertiary/aromatic N) is 1. The predicted octanol–water partition coefficient (Wildman–Crippen LogP) is 2.93. The smallest absolute Gasteiger partial charge is 0.253 e. The number of aryl methyl sites for hydroxylation is 1. The van der Waals surface area contributed by atoms with Gasteiger partial charge in [-0.25, -0.2) is 4.98 Å². The number of amides is 2. The van der Waals surface area contributed by atoms with E-state index in [-0.39, 0.29) is 11.8 Å². The summed E-state index contributed by atoms with van der Waals surface area (Å²) in [6.45, 7) is 0.644. The topological polar surface area (TPSA) is 86.9 Å². The molecule has 1 aliphatic heterocycles. The lowest BCUT2D eigenvalue weighted by Gasteiger charge is -2.11. The summed E-state index contributed by atoms with van der Waals surface area (Å²) in [5.74, 6) is 0.374. The zero-order chi connectivity index (χ0) is 18.6. The maximum atomic E-state index is 12.2. The largest absolute Gasteiger partial charge is 0.358 e. The molecule has 0 radical (unpaired) electrons. The van der Waals surface area contributed by atoms with E-state index in [2.05, 4.69) is 20.6 Å². The van der Waals surface area contributed by atoms with Gasteiger partial charge < -0.3 is 15.6 Å². The van der Waals surface area contributed by atoms with E-state index in [9.17, 15) is 9.59 Å². The molecule has 3 heterocycles. The first kappa shape index (κ1) is 17.0. The Morgan fingerprint density at radius 1 is 1.15 bits per heavy atom. The number of aromatic nitrogens is 2. The van der Waals surface area contributed by atoms with E-state index in [0.717, 1.165) is 28.9 Å². The van der Waals surface area contributed by atoms with E-state index in [4.69, 9.17) is 0 Å². The minimum atomic E-state index is -0.0753. The number of rotatable bonds is 5. The van der Waals surface area contributed by atoms with Crippen LogP contribution < -0.4 is 10.6 Å². The summed E-state index contributed by atoms with van der Waals surface area (Å²) in [5, 5.41) is 5.69. The molecule has 3 N–H and O–H groups in total. The Labute approximate surface area is 157 Å². The molecule has 0 spiro atoms. The molecule has 4 rings (SSSR count). The standard InChI is InChI=1S/C21H20N4O2/c26-20(7-6-14-4-2-1-3-5-14)25-19-12-15(8-10-22-19)18-13-16-17(24-18)9-11-23-21(16)27/h1-5,8,10,12-13,24H,6-7,9,11H2,(H,23,27)(H,22,25,26). The molecule has 0 atom stereocenters. The summed E-state index contributed by atoms with van der Waals surface area (Å²) in [7, 11) is 0. The van der Waals surface area contributed by atoms with E-state index in [0.29, 0.717) is 30.8 Å². The van der Waals surface area contributed by atoms with Crippen molar-refractivity contribution in [3.63, 3.8) is 0 Å². The van der Waals surface area contributed by atoms with E-state index < -0.39 is 0 Å². The predicted molar refractivity (Wildman–Crippen MR) is 103 cm³/mol. The fourth-order valence-electron chi connectivity index (χ4n) is 3.22. The van der Waals surface area contributed by atoms with Gasteiger partial charge in [-0.1, -0.05) is 30.3 Å². The van der Waals surface area contributed by atoms with E-state index in [1.165, 1.54) is 0 Å². The molecule has 0 fully saturated rings. The van der Waals surface area contributed by atoms with Crippen molar-refractivity contribution in [3.05, 3.63) is 71.5 Å². The summed E-state index contributed by atoms with van der Waals surface area (Å²) < 4.78 is 0. The van der Waals surface area contributed by atoms with Gasteiger partial charge in [-0.05, 0) is 30.2 Å². The maximum Gasteiger partial charge on any atom is 0.253 e. The molecule has 0 saturated heterocycles. The molecule has 2 aromatic heterocycles. The van der Waals surface area contributed by atoms with Gasteiger partial charge >= 0.3 is 0 Å². The van der Waals surface area contributed by atoms with Gasteiger partial charge in [-0.3, -0.25) is 9.59 Å². The van der Waals surface area contributed by atoms with Crippen LogP contribution in [0.3, 0.4) is 0 Å². The number of fused-ring (bicyclic) bond motifs is 1. The summed E-state index contributed by atoms with van der Waals surface area (Å²) in [6.07, 6.45) is 3.52. The van der Waals surface area contributed by atoms with E-state index in [1.807, 2.05) is 48.5 Å². The van der Waals surface area contributed by atoms with Crippen LogP contribution in [-0.2, 0) is 17.6 Å². The van der Waals surface area contributed by atoms with Gasteiger partial charge in [-0.2, -0.15) is 0 Å². The van der Waals surface area contributed by atoms with Gasteiger partial charge in [0.25, 0.3) is 5.91 Å². The Morgan fingerprint density at radius 2 is 2.00 bits per heavy atom. The molecule has 0 unspecified atom stereocenters. The number of carbonyl (C=O) groups is 2. The van der Waals surface area contributed by atoms with Gasteiger partial charge in [0.05, 0.1) is 5.56 Å². The van der Waals surface area contributed by atoms with Crippen molar-refractivity contribution >= 4 is 17.6 Å². The molecule has 1 aliphatic rings. The lowest BCUT2D eigenvalue weighted by atomic mass is 10.1. The molecule has 3 aromatic rings. The van der Waals surface area contributed by atoms with Crippen molar-refractivity contribution in [2.75, 3.05) is 11.9 Å². The fourth-order valence-corrected chi connectivity index (χ4v) is 3.22. The van der Waals surface area contributed by atoms with Crippen molar-refractivity contribution < 1.29 is 9.59 Å². The summed E-state index contributed by atoms with van der Waals surface area (Å²) in [6, 6.07) is 15.4. The molecule has 0 bridgehead atoms. The molecule has 27 heavy (non-hydrogen) atoms. The van der Waals surface area contributed by atoms with Crippen LogP contribution in [0, 0.1) is 0 Å². The number of hydrogen-bond donors (Lipinski definition) is 3. The van der Waals surface area contributed by atoms with Crippen LogP contribution in [0.15, 0.2) is 54.7 Å². The summed E-state index contributed by atoms with van der Waals surface area (Å²) in [4.78, 5) is 31.7. The van der Waals surface area contributed by atoms with Gasteiger partial charge in [0.2, 0.25) is 5.91 Å². The molecule has 0 aliphatic carbocycles. The molecule has 2 amide bonds. The minimum Gasteiger partial charge on any atom is -0.358 e. The van der Waals surface area contributed by atoms with Crippen molar-refractivity contribution in [2.45, 2.75) is 19.3 Å². The quantitative estimate of drug-likeness (QED) is 0.654. The molecule has 136 valence electrons. The van der Waals surface area contributed by atoms with Crippen molar-refractivity contribution in [3.8, 4) is 11.3 Å². The summed E-state index contributed by atoms with van der Waals surface area (Å²) >= 11 is 0. The Hall–Kier alpha value is -3.41. The Morgan fingerprint density at radius 3 is 2.81 bits per heavy atom. The first-order valence-corrected chi connectivity index (χ1v) is 8.99. The van der Waals surface area contributed by atoms with Gasteiger partial charge in [-0.15, -0.1) is 0 Å². The Bertz CT molecular complexity index is 979. The number of carbonyl (C=O) groups excluding carboxylic acids is 2. The average molecular weight is 360 g/mol. The Balaban J connectivity index is 1.45. The number of anilines is 1. The second-order valence-electron chi connectivity index (χ2n) is 6.54. The monoisotopic (exact) mass is 360 g/mol. The van der Waals surface area contributed by atoms with E-state index >= 15 is 0 Å². The summed E-state index contributed by atoms with van der Waals surface area (Å²) in [5.41, 5.74) is 4.48. The second-order valence-corrected chi connectivity index (χ2v) is 6.54. The van der Waals surface area contributed by atoms with E-state index in [1.54, 1.807) is 6.20 Å². The first-order valence-electron chi connectivity index (χ1n) is 8.99. The zero-order valence-corrected chi connectivity index (χ0v) is 14.8. The molecule has 1 aromatic carbocycles. The van der Waals surface area contributed by atoms with Crippen molar-refractivity contribution in [1.82, 2.24) is 15.3 Å². The van der Waals surface area contributed by atoms with Crippen LogP contribution in [0.5, 0.6) is 0 Å². The lowest BCUT2D eigenvalue weighted by Crippen LogP contribution is -2.31. The van der Waals surface area contributed by atoms with Crippen LogP contribution in [0.2, 0.25) is 0 Å². The van der Waals surface area contributed by atoms with Gasteiger partial charge in [0, 0.05) is 42.5 Å². The highest BCUT2D eigenvalue weighted by Gasteiger charge is 2.20. The lowest BCUT2D eigenvalue weighted by molar-refractivity contribution is -0.116. The molecule has 6 nitrogen and oxygen atoms in total. The Kier molecular flexibility index (Phi) is 4.70. The number of H-pyrrole nitrogens is 1. The van der Waals surface area contributed by atoms with Crippen LogP contribution in [0.25, 0.3) is 11.3 Å². The zero-order valence-electron chi connectivity index (χ0n) is 14.8. The van der Waals surface area contributed by atoms with Crippen molar-refractivity contribution in [2.24, 2.45) is 0 Å². The third kappa shape index (κ3) is 3.89. The first-order chi connectivity index (χ1) is 13.2. The third-order valence-corrected chi connectivity index (χ3v) is 4.63. The number of nitrogens with one attached hydrogen (secondary N) is 3. The number of aromatic amines is 1. The second kappa shape index (κ2) is 7.45. The normalized spacial score (nSPS) is 13.0. The number of pyridine rings is 1. The number of benzene rings is 1. The maximum absolute atomic E-state index is 12.2. The average Bonchev–Trinajstić information content (AvgIpc) is 3.13. The highest BCUT2D eigenvalue weighted by Crippen LogP contribution is 2.25. The molecule has 0 saturated carbocycles. The molecular weight excluding hydrogens is 340 g/mol. The van der Waals surface area contributed by atoms with Crippen LogP contribution in [-0.4, -0.2) is 28.3 Å². The van der Waals surface area contributed by atoms with Crippen LogP contribution in [0.4, 0.5) is 5.82 Å². The van der Waals surface area contributed by atoms with Crippen molar-refractivity contribution in [1.29, 1.82) is 0 Å². The fraction of sp³-hybridized carbons (Fsp3) is 0.190. The highest BCUT2D eigenvalue weighted by atomic mass is 16.2. The van der Waals surface area contributed by atoms with Crippen LogP contribution >= 0.6 is 0 Å². The van der Waals surface area contributed by atoms with Gasteiger partial charge in [0.15, 0.2) is 0 Å². The van der Waals surface area contributed by atoms with Gasteiger partial charge in [0.1, 0.15) is 5.82 Å². The highest BCUT2D eigenvalue weighted by molar-refractivity contribution is 5.98. The molecule has 6 heteroatoms. The molecular formula is C21H20N4O2. The van der Waals surface area contributed by atoms with Crippen LogP contribution in [0.1, 0.15) is 28.0 Å². The SMILES string of the molecule is O=C(CCc1ccccc1)Nc1cc(-c2cc3c([nH]2)CCNC3=O)ccn1. The number of hydrogen-bond acceptors (Lipinski definition) is 3. The minimum absolute atomic E-state index is 0.0535.